The summed E-state index contributed by atoms with van der Waals surface area (Å²) in [5, 5.41) is 2.05. The summed E-state index contributed by atoms with van der Waals surface area (Å²) in [5.74, 6) is 0.737. The predicted molar refractivity (Wildman–Crippen MR) is 79.5 cm³/mol. The van der Waals surface area contributed by atoms with Crippen molar-refractivity contribution in [2.45, 2.75) is 39.0 Å². The summed E-state index contributed by atoms with van der Waals surface area (Å²) >= 11 is 0. The van der Waals surface area contributed by atoms with Gasteiger partial charge in [0.2, 0.25) is 0 Å². The highest BCUT2D eigenvalue weighted by atomic mass is 15.5. The fourth-order valence-electron chi connectivity index (χ4n) is 2.22. The Morgan fingerprint density at radius 2 is 1.83 bits per heavy atom. The SMILES string of the molecule is CCCCCC(CNN(C)C)Cc1ccccc1. The topological polar surface area (TPSA) is 15.3 Å². The van der Waals surface area contributed by atoms with E-state index in [4.69, 9.17) is 0 Å². The highest BCUT2D eigenvalue weighted by Crippen LogP contribution is 2.15. The van der Waals surface area contributed by atoms with Crippen molar-refractivity contribution in [3.63, 3.8) is 0 Å². The third-order valence-electron chi connectivity index (χ3n) is 3.28. The van der Waals surface area contributed by atoms with E-state index in [-0.39, 0.29) is 0 Å². The van der Waals surface area contributed by atoms with Gasteiger partial charge in [0.15, 0.2) is 0 Å². The summed E-state index contributed by atoms with van der Waals surface area (Å²) in [5.41, 5.74) is 4.88. The quantitative estimate of drug-likeness (QED) is 0.531. The van der Waals surface area contributed by atoms with E-state index in [0.717, 1.165) is 12.5 Å². The van der Waals surface area contributed by atoms with Crippen LogP contribution in [0.3, 0.4) is 0 Å². The van der Waals surface area contributed by atoms with Gasteiger partial charge in [-0.3, -0.25) is 10.4 Å². The van der Waals surface area contributed by atoms with Crippen LogP contribution in [0.5, 0.6) is 0 Å². The molecular formula is C16H28N2. The smallest absolute Gasteiger partial charge is 0.0133 e. The molecule has 2 nitrogen and oxygen atoms in total. The lowest BCUT2D eigenvalue weighted by Gasteiger charge is -2.20. The van der Waals surface area contributed by atoms with Crippen LogP contribution < -0.4 is 5.43 Å². The number of hydrogen-bond donors (Lipinski definition) is 1. The number of nitrogens with one attached hydrogen (secondary N) is 1. The fourth-order valence-corrected chi connectivity index (χ4v) is 2.22. The second kappa shape index (κ2) is 9.12. The van der Waals surface area contributed by atoms with E-state index in [1.807, 2.05) is 0 Å². The lowest BCUT2D eigenvalue weighted by Crippen LogP contribution is -2.35. The molecule has 1 aromatic carbocycles. The number of hydrazine groups is 1. The van der Waals surface area contributed by atoms with Gasteiger partial charge in [0.1, 0.15) is 0 Å². The van der Waals surface area contributed by atoms with Crippen molar-refractivity contribution in [1.82, 2.24) is 10.4 Å². The molecule has 0 aliphatic heterocycles. The van der Waals surface area contributed by atoms with Crippen molar-refractivity contribution in [2.75, 3.05) is 20.6 Å². The van der Waals surface area contributed by atoms with Crippen LogP contribution in [0.4, 0.5) is 0 Å². The zero-order chi connectivity index (χ0) is 13.2. The molecule has 0 amide bonds. The molecule has 0 saturated carbocycles. The van der Waals surface area contributed by atoms with Gasteiger partial charge in [-0.2, -0.15) is 0 Å². The van der Waals surface area contributed by atoms with Gasteiger partial charge in [-0.15, -0.1) is 0 Å². The first-order valence-electron chi connectivity index (χ1n) is 7.17. The monoisotopic (exact) mass is 248 g/mol. The minimum absolute atomic E-state index is 0.737. The zero-order valence-corrected chi connectivity index (χ0v) is 12.2. The van der Waals surface area contributed by atoms with Crippen molar-refractivity contribution in [3.8, 4) is 0 Å². The van der Waals surface area contributed by atoms with Crippen LogP contribution in [0, 0.1) is 5.92 Å². The normalized spacial score (nSPS) is 12.9. The molecule has 2 heteroatoms. The highest BCUT2D eigenvalue weighted by Gasteiger charge is 2.09. The molecule has 1 unspecified atom stereocenters. The molecule has 1 rings (SSSR count). The minimum Gasteiger partial charge on any atom is -0.255 e. The van der Waals surface area contributed by atoms with E-state index in [1.54, 1.807) is 0 Å². The Labute approximate surface area is 112 Å². The summed E-state index contributed by atoms with van der Waals surface area (Å²) in [6.07, 6.45) is 6.52. The summed E-state index contributed by atoms with van der Waals surface area (Å²) in [6.45, 7) is 3.34. The van der Waals surface area contributed by atoms with E-state index < -0.39 is 0 Å². The Morgan fingerprint density at radius 3 is 2.44 bits per heavy atom. The highest BCUT2D eigenvalue weighted by molar-refractivity contribution is 5.15. The van der Waals surface area contributed by atoms with Crippen LogP contribution in [0.1, 0.15) is 38.2 Å². The third kappa shape index (κ3) is 6.77. The van der Waals surface area contributed by atoms with Gasteiger partial charge in [0.05, 0.1) is 0 Å². The zero-order valence-electron chi connectivity index (χ0n) is 12.2. The molecule has 0 saturated heterocycles. The number of nitrogens with zero attached hydrogens (tertiary/aromatic N) is 1. The van der Waals surface area contributed by atoms with E-state index in [2.05, 4.69) is 61.8 Å². The van der Waals surface area contributed by atoms with Crippen LogP contribution in [0.25, 0.3) is 0 Å². The summed E-state index contributed by atoms with van der Waals surface area (Å²) in [6, 6.07) is 10.8. The van der Waals surface area contributed by atoms with E-state index in [9.17, 15) is 0 Å². The molecule has 1 N–H and O–H groups in total. The average molecular weight is 248 g/mol. The second-order valence-electron chi connectivity index (χ2n) is 5.31. The van der Waals surface area contributed by atoms with Crippen molar-refractivity contribution >= 4 is 0 Å². The van der Waals surface area contributed by atoms with Crippen LogP contribution in [-0.4, -0.2) is 25.6 Å². The fraction of sp³-hybridized carbons (Fsp3) is 0.625. The first-order valence-corrected chi connectivity index (χ1v) is 7.17. The molecule has 0 bridgehead atoms. The third-order valence-corrected chi connectivity index (χ3v) is 3.28. The number of unbranched alkanes of at least 4 members (excludes halogenated alkanes) is 2. The number of rotatable bonds is 9. The molecule has 0 spiro atoms. The summed E-state index contributed by atoms with van der Waals surface area (Å²) in [4.78, 5) is 0. The van der Waals surface area contributed by atoms with Gasteiger partial charge < -0.3 is 0 Å². The Kier molecular flexibility index (Phi) is 7.70. The molecule has 18 heavy (non-hydrogen) atoms. The van der Waals surface area contributed by atoms with E-state index in [1.165, 1.54) is 37.7 Å². The lowest BCUT2D eigenvalue weighted by atomic mass is 9.94. The predicted octanol–water partition coefficient (Wildman–Crippen LogP) is 3.49. The second-order valence-corrected chi connectivity index (χ2v) is 5.31. The molecule has 1 atom stereocenters. The molecule has 0 heterocycles. The lowest BCUT2D eigenvalue weighted by molar-refractivity contribution is 0.253. The molecule has 102 valence electrons. The van der Waals surface area contributed by atoms with Crippen LogP contribution in [0.2, 0.25) is 0 Å². The summed E-state index contributed by atoms with van der Waals surface area (Å²) < 4.78 is 0. The van der Waals surface area contributed by atoms with Crippen molar-refractivity contribution in [2.24, 2.45) is 5.92 Å². The minimum atomic E-state index is 0.737. The molecule has 0 radical (unpaired) electrons. The molecular weight excluding hydrogens is 220 g/mol. The molecule has 1 aromatic rings. The Bertz CT molecular complexity index is 295. The van der Waals surface area contributed by atoms with Gasteiger partial charge in [0.25, 0.3) is 0 Å². The van der Waals surface area contributed by atoms with Gasteiger partial charge in [-0.1, -0.05) is 56.5 Å². The maximum absolute atomic E-state index is 3.43. The largest absolute Gasteiger partial charge is 0.255 e. The maximum Gasteiger partial charge on any atom is 0.0133 e. The number of benzene rings is 1. The van der Waals surface area contributed by atoms with E-state index >= 15 is 0 Å². The Balaban J connectivity index is 2.42. The first kappa shape index (κ1) is 15.2. The number of hydrogen-bond acceptors (Lipinski definition) is 2. The van der Waals surface area contributed by atoms with E-state index in [0.29, 0.717) is 0 Å². The summed E-state index contributed by atoms with van der Waals surface area (Å²) in [7, 11) is 4.12. The molecule has 0 aromatic heterocycles. The molecule has 0 aliphatic carbocycles. The molecule has 0 aliphatic rings. The van der Waals surface area contributed by atoms with Crippen molar-refractivity contribution in [1.29, 1.82) is 0 Å². The van der Waals surface area contributed by atoms with Crippen LogP contribution >= 0.6 is 0 Å². The van der Waals surface area contributed by atoms with Crippen molar-refractivity contribution < 1.29 is 0 Å². The van der Waals surface area contributed by atoms with Gasteiger partial charge in [0, 0.05) is 20.6 Å². The molecule has 0 fully saturated rings. The van der Waals surface area contributed by atoms with Crippen LogP contribution in [-0.2, 0) is 6.42 Å². The standard InChI is InChI=1S/C16H28N2/c1-4-5-7-12-16(14-17-18(2)3)13-15-10-8-6-9-11-15/h6,8-11,16-17H,4-5,7,12-14H2,1-3H3. The maximum atomic E-state index is 3.43. The average Bonchev–Trinajstić information content (AvgIpc) is 2.37. The Hall–Kier alpha value is -0.860. The van der Waals surface area contributed by atoms with Crippen molar-refractivity contribution in [3.05, 3.63) is 35.9 Å². The Morgan fingerprint density at radius 1 is 1.11 bits per heavy atom. The van der Waals surface area contributed by atoms with Gasteiger partial charge >= 0.3 is 0 Å². The first-order chi connectivity index (χ1) is 8.72. The van der Waals surface area contributed by atoms with Gasteiger partial charge in [-0.05, 0) is 24.3 Å². The van der Waals surface area contributed by atoms with Crippen LogP contribution in [0.15, 0.2) is 30.3 Å². The van der Waals surface area contributed by atoms with Gasteiger partial charge in [-0.25, -0.2) is 0 Å².